The van der Waals surface area contributed by atoms with Gasteiger partial charge in [0, 0.05) is 18.7 Å². The van der Waals surface area contributed by atoms with Crippen molar-refractivity contribution in [2.75, 3.05) is 13.1 Å². The molecule has 51 heavy (non-hydrogen) atoms. The number of H-pyrrole nitrogens is 2. The lowest BCUT2D eigenvalue weighted by atomic mass is 10.1. The molecule has 8 rings (SSSR count). The first kappa shape index (κ1) is 32.3. The van der Waals surface area contributed by atoms with Crippen LogP contribution in [0, 0.1) is 0 Å². The van der Waals surface area contributed by atoms with Crippen LogP contribution in [0.15, 0.2) is 122 Å². The molecule has 2 aromatic heterocycles. The minimum absolute atomic E-state index is 0.0463. The summed E-state index contributed by atoms with van der Waals surface area (Å²) >= 11 is 0. The molecule has 0 saturated carbocycles. The second-order valence-electron chi connectivity index (χ2n) is 13.3. The second kappa shape index (κ2) is 14.5. The molecule has 6 aromatic rings. The Morgan fingerprint density at radius 3 is 1.69 bits per heavy atom. The average Bonchev–Trinajstić information content (AvgIpc) is 3.99. The number of likely N-dealkylation sites (tertiary alicyclic amines) is 2. The summed E-state index contributed by atoms with van der Waals surface area (Å²) in [6.07, 6.45) is 8.18. The molecule has 9 heteroatoms. The number of amides is 2. The first-order valence-electron chi connectivity index (χ1n) is 17.7. The van der Waals surface area contributed by atoms with Gasteiger partial charge in [0.25, 0.3) is 0 Å². The highest BCUT2D eigenvalue weighted by Crippen LogP contribution is 2.35. The summed E-state index contributed by atoms with van der Waals surface area (Å²) in [4.78, 5) is 46.6. The maximum atomic E-state index is 13.2. The fourth-order valence-corrected chi connectivity index (χ4v) is 7.31. The van der Waals surface area contributed by atoms with Crippen LogP contribution < -0.4 is 4.74 Å². The summed E-state index contributed by atoms with van der Waals surface area (Å²) in [6, 6.07) is 35.5. The van der Waals surface area contributed by atoms with E-state index in [1.54, 1.807) is 0 Å². The number of imidazole rings is 2. The molecule has 9 nitrogen and oxygen atoms in total. The van der Waals surface area contributed by atoms with E-state index in [1.807, 2.05) is 131 Å². The number of aromatic nitrogens is 4. The normalized spacial score (nSPS) is 17.2. The number of carbonyl (C=O) groups is 2. The molecule has 0 bridgehead atoms. The lowest BCUT2D eigenvalue weighted by Crippen LogP contribution is -2.32. The number of nitrogens with zero attached hydrogens (tertiary/aromatic N) is 4. The van der Waals surface area contributed by atoms with Gasteiger partial charge in [-0.1, -0.05) is 72.8 Å². The highest BCUT2D eigenvalue weighted by molar-refractivity contribution is 5.80. The predicted molar refractivity (Wildman–Crippen MR) is 196 cm³/mol. The Morgan fingerprint density at radius 1 is 0.608 bits per heavy atom. The largest absolute Gasteiger partial charge is 0.457 e. The SMILES string of the molecule is O=C(Cc1ccccc1)N1CCCC1c1ncc(-c2ccc(Oc3cccc(-c4cnc([C@@H]5CCCN5C(=O)Cc5ccccc5)[nH]4)c3)cc2)[nH]1. The van der Waals surface area contributed by atoms with Gasteiger partial charge in [-0.25, -0.2) is 9.97 Å². The van der Waals surface area contributed by atoms with Gasteiger partial charge in [0.1, 0.15) is 23.1 Å². The predicted octanol–water partition coefficient (Wildman–Crippen LogP) is 8.07. The van der Waals surface area contributed by atoms with Gasteiger partial charge in [-0.3, -0.25) is 9.59 Å². The molecule has 256 valence electrons. The molecule has 2 aliphatic rings. The van der Waals surface area contributed by atoms with Crippen LogP contribution in [0.25, 0.3) is 22.5 Å². The third kappa shape index (κ3) is 7.19. The highest BCUT2D eigenvalue weighted by Gasteiger charge is 2.33. The van der Waals surface area contributed by atoms with Crippen LogP contribution in [0.5, 0.6) is 11.5 Å². The van der Waals surface area contributed by atoms with Crippen molar-refractivity contribution in [1.29, 1.82) is 0 Å². The van der Waals surface area contributed by atoms with Crippen molar-refractivity contribution in [3.05, 3.63) is 144 Å². The monoisotopic (exact) mass is 676 g/mol. The third-order valence-corrected chi connectivity index (χ3v) is 9.91. The number of ether oxygens (including phenoxy) is 1. The molecule has 4 heterocycles. The van der Waals surface area contributed by atoms with Crippen LogP contribution >= 0.6 is 0 Å². The smallest absolute Gasteiger partial charge is 0.227 e. The summed E-state index contributed by atoms with van der Waals surface area (Å²) in [7, 11) is 0. The Balaban J connectivity index is 0.905. The van der Waals surface area contributed by atoms with Crippen molar-refractivity contribution < 1.29 is 14.3 Å². The summed E-state index contributed by atoms with van der Waals surface area (Å²) < 4.78 is 6.26. The minimum atomic E-state index is -0.0573. The van der Waals surface area contributed by atoms with Crippen LogP contribution in [0.1, 0.15) is 60.5 Å². The van der Waals surface area contributed by atoms with Gasteiger partial charge in [-0.05, 0) is 78.8 Å². The maximum Gasteiger partial charge on any atom is 0.227 e. The van der Waals surface area contributed by atoms with Gasteiger partial charge in [-0.15, -0.1) is 0 Å². The summed E-state index contributed by atoms with van der Waals surface area (Å²) in [5.41, 5.74) is 5.77. The van der Waals surface area contributed by atoms with Crippen molar-refractivity contribution in [2.24, 2.45) is 0 Å². The van der Waals surface area contributed by atoms with Gasteiger partial charge < -0.3 is 24.5 Å². The van der Waals surface area contributed by atoms with Crippen molar-refractivity contribution >= 4 is 11.8 Å². The van der Waals surface area contributed by atoms with Crippen LogP contribution in [0.4, 0.5) is 0 Å². The number of rotatable bonds is 10. The first-order valence-corrected chi connectivity index (χ1v) is 17.7. The van der Waals surface area contributed by atoms with Crippen LogP contribution in [0.3, 0.4) is 0 Å². The van der Waals surface area contributed by atoms with Crippen LogP contribution in [0.2, 0.25) is 0 Å². The minimum Gasteiger partial charge on any atom is -0.457 e. The molecule has 2 saturated heterocycles. The Labute approximate surface area is 297 Å². The van der Waals surface area contributed by atoms with Crippen LogP contribution in [-0.2, 0) is 22.4 Å². The standard InChI is InChI=1S/C42H40N6O3/c49-39(24-29-10-3-1-4-11-29)47-22-8-16-37(47)41-43-27-35(45-41)31-18-20-33(21-19-31)51-34-15-7-14-32(26-34)36-28-44-42(46-36)38-17-9-23-48(38)40(50)25-30-12-5-2-6-13-30/h1-7,10-15,18-21,26-28,37-38H,8-9,16-17,22-25H2,(H,43,45)(H,44,46)/t37?,38-/m0/s1. The quantitative estimate of drug-likeness (QED) is 0.153. The summed E-state index contributed by atoms with van der Waals surface area (Å²) in [5.74, 6) is 3.32. The number of benzene rings is 4. The molecule has 0 radical (unpaired) electrons. The number of nitrogens with one attached hydrogen (secondary N) is 2. The number of hydrogen-bond acceptors (Lipinski definition) is 5. The van der Waals surface area contributed by atoms with E-state index in [0.29, 0.717) is 24.3 Å². The van der Waals surface area contributed by atoms with Crippen molar-refractivity contribution in [2.45, 2.75) is 50.6 Å². The zero-order chi connectivity index (χ0) is 34.6. The molecular formula is C42H40N6O3. The average molecular weight is 677 g/mol. The molecule has 2 N–H and O–H groups in total. The van der Waals surface area contributed by atoms with Gasteiger partial charge >= 0.3 is 0 Å². The number of hydrogen-bond donors (Lipinski definition) is 2. The van der Waals surface area contributed by atoms with E-state index in [1.165, 1.54) is 0 Å². The van der Waals surface area contributed by atoms with E-state index in [9.17, 15) is 9.59 Å². The van der Waals surface area contributed by atoms with Gasteiger partial charge in [0.05, 0.1) is 48.7 Å². The topological polar surface area (TPSA) is 107 Å². The highest BCUT2D eigenvalue weighted by atomic mass is 16.5. The molecule has 2 atom stereocenters. The van der Waals surface area contributed by atoms with E-state index in [4.69, 9.17) is 14.7 Å². The summed E-state index contributed by atoms with van der Waals surface area (Å²) in [6.45, 7) is 1.49. The Morgan fingerprint density at radius 2 is 1.14 bits per heavy atom. The van der Waals surface area contributed by atoms with Crippen molar-refractivity contribution in [1.82, 2.24) is 29.7 Å². The molecule has 0 spiro atoms. The molecule has 2 amide bonds. The van der Waals surface area contributed by atoms with Gasteiger partial charge in [0.15, 0.2) is 0 Å². The Hall–Kier alpha value is -5.96. The molecular weight excluding hydrogens is 637 g/mol. The fraction of sp³-hybridized carbons (Fsp3) is 0.238. The fourth-order valence-electron chi connectivity index (χ4n) is 7.31. The lowest BCUT2D eigenvalue weighted by molar-refractivity contribution is -0.132. The van der Waals surface area contributed by atoms with E-state index in [2.05, 4.69) is 9.97 Å². The van der Waals surface area contributed by atoms with Crippen molar-refractivity contribution in [3.63, 3.8) is 0 Å². The van der Waals surface area contributed by atoms with Gasteiger partial charge in [0.2, 0.25) is 11.8 Å². The Kier molecular flexibility index (Phi) is 9.16. The molecule has 1 unspecified atom stereocenters. The molecule has 0 aliphatic carbocycles. The zero-order valence-electron chi connectivity index (χ0n) is 28.4. The second-order valence-corrected chi connectivity index (χ2v) is 13.3. The van der Waals surface area contributed by atoms with E-state index in [0.717, 1.165) is 84.1 Å². The van der Waals surface area contributed by atoms with Gasteiger partial charge in [-0.2, -0.15) is 0 Å². The molecule has 4 aromatic carbocycles. The number of aromatic amines is 2. The lowest BCUT2D eigenvalue weighted by Gasteiger charge is -2.23. The zero-order valence-corrected chi connectivity index (χ0v) is 28.4. The summed E-state index contributed by atoms with van der Waals surface area (Å²) in [5, 5.41) is 0. The maximum absolute atomic E-state index is 13.2. The third-order valence-electron chi connectivity index (χ3n) is 9.91. The Bertz CT molecular complexity index is 2110. The van der Waals surface area contributed by atoms with E-state index < -0.39 is 0 Å². The number of carbonyl (C=O) groups excluding carboxylic acids is 2. The van der Waals surface area contributed by atoms with Crippen molar-refractivity contribution in [3.8, 4) is 34.0 Å². The first-order chi connectivity index (χ1) is 25.1. The van der Waals surface area contributed by atoms with E-state index in [-0.39, 0.29) is 23.9 Å². The van der Waals surface area contributed by atoms with Crippen LogP contribution in [-0.4, -0.2) is 54.6 Å². The molecule has 2 fully saturated rings. The molecule has 2 aliphatic heterocycles. The van der Waals surface area contributed by atoms with E-state index >= 15 is 0 Å².